The topological polar surface area (TPSA) is 36.4 Å². The lowest BCUT2D eigenvalue weighted by Crippen LogP contribution is -2.45. The summed E-state index contributed by atoms with van der Waals surface area (Å²) in [6.45, 7) is 9.84. The number of aliphatic imine (C=N–C) groups is 1. The van der Waals surface area contributed by atoms with Crippen LogP contribution in [0, 0.1) is 0 Å². The molecule has 1 unspecified atom stereocenters. The smallest absolute Gasteiger partial charge is 0.109 e. The van der Waals surface area contributed by atoms with E-state index in [1.807, 2.05) is 0 Å². The number of hydrogen-bond donors (Lipinski definition) is 2. The fourth-order valence-corrected chi connectivity index (χ4v) is 2.36. The summed E-state index contributed by atoms with van der Waals surface area (Å²) in [6, 6.07) is 0. The molecule has 1 atom stereocenters. The van der Waals surface area contributed by atoms with Crippen LogP contribution in [0.1, 0.15) is 59.3 Å². The van der Waals surface area contributed by atoms with Crippen molar-refractivity contribution in [3.05, 3.63) is 0 Å². The fraction of sp³-hybridized carbons (Fsp3) is 0.929. The van der Waals surface area contributed by atoms with E-state index in [2.05, 4.69) is 31.4 Å². The van der Waals surface area contributed by atoms with Gasteiger partial charge in [-0.15, -0.1) is 0 Å². The van der Waals surface area contributed by atoms with Crippen molar-refractivity contribution in [3.63, 3.8) is 0 Å². The predicted octanol–water partition coefficient (Wildman–Crippen LogP) is 1.66. The van der Waals surface area contributed by atoms with E-state index in [0.29, 0.717) is 5.67 Å². The van der Waals surface area contributed by atoms with E-state index >= 15 is 0 Å². The summed E-state index contributed by atoms with van der Waals surface area (Å²) in [6.07, 6.45) is 7.41. The Labute approximate surface area is 117 Å². The van der Waals surface area contributed by atoms with Gasteiger partial charge in [-0.25, -0.2) is 0 Å². The zero-order valence-corrected chi connectivity index (χ0v) is 14.9. The van der Waals surface area contributed by atoms with E-state index < -0.39 is 0 Å². The molecular weight excluding hydrogens is 238 g/mol. The van der Waals surface area contributed by atoms with Crippen LogP contribution in [-0.2, 0) is 0 Å². The quantitative estimate of drug-likeness (QED) is 0.259. The molecule has 0 aliphatic rings. The number of nitrogens with one attached hydrogen (secondary N) is 2. The molecule has 0 aromatic rings. The van der Waals surface area contributed by atoms with E-state index in [4.69, 9.17) is 4.99 Å². The first-order valence-corrected chi connectivity index (χ1v) is 8.93. The fourth-order valence-electron chi connectivity index (χ4n) is 1.69. The molecule has 4 heteroatoms. The SMILES string of the molecule is CCCCN=C(NCCCC)C([SiH3])NCCCC. The largest absolute Gasteiger partial charge is 0.373 e. The average Bonchev–Trinajstić information content (AvgIpc) is 2.37. The van der Waals surface area contributed by atoms with Crippen LogP contribution in [0.5, 0.6) is 0 Å². The third-order valence-corrected chi connectivity index (χ3v) is 3.98. The summed E-state index contributed by atoms with van der Waals surface area (Å²) in [5.41, 5.74) is 0.491. The van der Waals surface area contributed by atoms with E-state index in [-0.39, 0.29) is 0 Å². The van der Waals surface area contributed by atoms with Gasteiger partial charge in [0.05, 0.1) is 0 Å². The maximum atomic E-state index is 4.74. The molecule has 3 nitrogen and oxygen atoms in total. The van der Waals surface area contributed by atoms with Crippen LogP contribution in [-0.4, -0.2) is 41.4 Å². The van der Waals surface area contributed by atoms with Gasteiger partial charge in [-0.3, -0.25) is 4.99 Å². The summed E-state index contributed by atoms with van der Waals surface area (Å²) in [7, 11) is 1.12. The Morgan fingerprint density at radius 1 is 1.00 bits per heavy atom. The summed E-state index contributed by atoms with van der Waals surface area (Å²) in [5, 5.41) is 7.13. The molecule has 0 saturated carbocycles. The van der Waals surface area contributed by atoms with Crippen molar-refractivity contribution in [1.82, 2.24) is 10.6 Å². The first-order chi connectivity index (χ1) is 8.76. The van der Waals surface area contributed by atoms with E-state index in [9.17, 15) is 0 Å². The summed E-state index contributed by atoms with van der Waals surface area (Å²) in [5.74, 6) is 1.21. The van der Waals surface area contributed by atoms with Crippen LogP contribution < -0.4 is 10.6 Å². The lowest BCUT2D eigenvalue weighted by atomic mass is 10.3. The van der Waals surface area contributed by atoms with Crippen LogP contribution in [0.2, 0.25) is 0 Å². The third kappa shape index (κ3) is 9.65. The Kier molecular flexibility index (Phi) is 12.8. The third-order valence-electron chi connectivity index (χ3n) is 3.02. The first kappa shape index (κ1) is 17.6. The van der Waals surface area contributed by atoms with Crippen molar-refractivity contribution in [1.29, 1.82) is 0 Å². The molecule has 0 aromatic heterocycles. The molecule has 0 fully saturated rings. The molecule has 0 aliphatic carbocycles. The molecule has 108 valence electrons. The van der Waals surface area contributed by atoms with Crippen molar-refractivity contribution < 1.29 is 0 Å². The number of rotatable bonds is 11. The van der Waals surface area contributed by atoms with E-state index in [1.54, 1.807) is 0 Å². The van der Waals surface area contributed by atoms with Gasteiger partial charge in [0.2, 0.25) is 0 Å². The van der Waals surface area contributed by atoms with Crippen LogP contribution in [0.4, 0.5) is 0 Å². The Bertz CT molecular complexity index is 207. The van der Waals surface area contributed by atoms with Gasteiger partial charge in [0, 0.05) is 29.0 Å². The minimum atomic E-state index is 0.491. The molecule has 0 aliphatic heterocycles. The van der Waals surface area contributed by atoms with E-state index in [0.717, 1.165) is 29.9 Å². The van der Waals surface area contributed by atoms with Gasteiger partial charge in [0.1, 0.15) is 5.84 Å². The second kappa shape index (κ2) is 13.1. The van der Waals surface area contributed by atoms with Crippen molar-refractivity contribution in [2.24, 2.45) is 4.99 Å². The van der Waals surface area contributed by atoms with Crippen LogP contribution in [0.3, 0.4) is 0 Å². The molecule has 18 heavy (non-hydrogen) atoms. The van der Waals surface area contributed by atoms with Gasteiger partial charge < -0.3 is 10.6 Å². The highest BCUT2D eigenvalue weighted by Gasteiger charge is 2.08. The summed E-state index contributed by atoms with van der Waals surface area (Å²) >= 11 is 0. The molecule has 0 heterocycles. The lowest BCUT2D eigenvalue weighted by molar-refractivity contribution is 0.650. The highest BCUT2D eigenvalue weighted by Crippen LogP contribution is 1.92. The molecule has 0 amide bonds. The normalized spacial score (nSPS) is 13.8. The molecule has 2 N–H and O–H groups in total. The molecule has 0 saturated heterocycles. The standard InChI is InChI=1S/C14H33N3Si/c1-4-7-10-15-13(16-11-8-5-2)14(18)17-12-9-6-3/h14,17H,4-12H2,1-3,18H3,(H,15,16). The van der Waals surface area contributed by atoms with Gasteiger partial charge >= 0.3 is 0 Å². The number of amidine groups is 1. The molecule has 0 aromatic carbocycles. The number of nitrogens with zero attached hydrogens (tertiary/aromatic N) is 1. The number of unbranched alkanes of at least 4 members (excludes halogenated alkanes) is 3. The van der Waals surface area contributed by atoms with Crippen molar-refractivity contribution >= 4 is 16.1 Å². The second-order valence-corrected chi connectivity index (χ2v) is 6.08. The van der Waals surface area contributed by atoms with Crippen molar-refractivity contribution in [3.8, 4) is 0 Å². The monoisotopic (exact) mass is 271 g/mol. The van der Waals surface area contributed by atoms with Crippen LogP contribution >= 0.6 is 0 Å². The molecule has 0 rings (SSSR count). The minimum absolute atomic E-state index is 0.491. The Balaban J connectivity index is 4.11. The molecular formula is C14H33N3Si. The maximum Gasteiger partial charge on any atom is 0.109 e. The Morgan fingerprint density at radius 3 is 2.22 bits per heavy atom. The molecule has 0 bridgehead atoms. The first-order valence-electron chi connectivity index (χ1n) is 7.77. The average molecular weight is 272 g/mol. The minimum Gasteiger partial charge on any atom is -0.373 e. The van der Waals surface area contributed by atoms with Crippen LogP contribution in [0.25, 0.3) is 0 Å². The van der Waals surface area contributed by atoms with E-state index in [1.165, 1.54) is 44.4 Å². The summed E-state index contributed by atoms with van der Waals surface area (Å²) in [4.78, 5) is 4.74. The lowest BCUT2D eigenvalue weighted by Gasteiger charge is -2.18. The van der Waals surface area contributed by atoms with Gasteiger partial charge in [-0.2, -0.15) is 0 Å². The van der Waals surface area contributed by atoms with Gasteiger partial charge in [0.15, 0.2) is 0 Å². The Hall–Kier alpha value is -0.353. The zero-order chi connectivity index (χ0) is 13.6. The second-order valence-electron chi connectivity index (χ2n) is 4.93. The van der Waals surface area contributed by atoms with Crippen molar-refractivity contribution in [2.75, 3.05) is 19.6 Å². The highest BCUT2D eigenvalue weighted by molar-refractivity contribution is 6.25. The van der Waals surface area contributed by atoms with Gasteiger partial charge in [-0.05, 0) is 25.8 Å². The Morgan fingerprint density at radius 2 is 1.61 bits per heavy atom. The van der Waals surface area contributed by atoms with Gasteiger partial charge in [-0.1, -0.05) is 40.0 Å². The molecule has 0 radical (unpaired) electrons. The highest BCUT2D eigenvalue weighted by atomic mass is 28.1. The predicted molar refractivity (Wildman–Crippen MR) is 86.8 cm³/mol. The zero-order valence-electron chi connectivity index (χ0n) is 12.9. The van der Waals surface area contributed by atoms with Gasteiger partial charge in [0.25, 0.3) is 0 Å². The maximum absolute atomic E-state index is 4.74. The van der Waals surface area contributed by atoms with Crippen LogP contribution in [0.15, 0.2) is 4.99 Å². The molecule has 0 spiro atoms. The number of hydrogen-bond acceptors (Lipinski definition) is 2. The van der Waals surface area contributed by atoms with Crippen molar-refractivity contribution in [2.45, 2.75) is 65.0 Å². The summed E-state index contributed by atoms with van der Waals surface area (Å²) < 4.78 is 0.